The molecular weight excluding hydrogens is 299 g/mol. The molecular formula is C14H12F3N3O2. The fourth-order valence-electron chi connectivity index (χ4n) is 2.47. The Morgan fingerprint density at radius 1 is 1.36 bits per heavy atom. The van der Waals surface area contributed by atoms with Crippen LogP contribution in [0.4, 0.5) is 13.2 Å². The van der Waals surface area contributed by atoms with Crippen LogP contribution in [0.25, 0.3) is 11.4 Å². The number of aliphatic carboxylic acids is 1. The lowest BCUT2D eigenvalue weighted by Gasteiger charge is -2.17. The van der Waals surface area contributed by atoms with Crippen LogP contribution in [0.1, 0.15) is 17.8 Å². The van der Waals surface area contributed by atoms with Crippen molar-refractivity contribution in [2.75, 3.05) is 0 Å². The van der Waals surface area contributed by atoms with Gasteiger partial charge in [0, 0.05) is 18.5 Å². The highest BCUT2D eigenvalue weighted by Gasteiger charge is 2.31. The highest BCUT2D eigenvalue weighted by atomic mass is 19.4. The van der Waals surface area contributed by atoms with E-state index < -0.39 is 23.6 Å². The van der Waals surface area contributed by atoms with Gasteiger partial charge in [-0.15, -0.1) is 0 Å². The Morgan fingerprint density at radius 2 is 2.14 bits per heavy atom. The van der Waals surface area contributed by atoms with Crippen molar-refractivity contribution in [3.63, 3.8) is 0 Å². The summed E-state index contributed by atoms with van der Waals surface area (Å²) in [4.78, 5) is 15.2. The van der Waals surface area contributed by atoms with E-state index in [0.717, 1.165) is 12.1 Å². The Balaban J connectivity index is 1.93. The maximum absolute atomic E-state index is 12.7. The van der Waals surface area contributed by atoms with Gasteiger partial charge in [0.15, 0.2) is 5.82 Å². The first-order valence-electron chi connectivity index (χ1n) is 6.69. The second-order valence-electron chi connectivity index (χ2n) is 5.18. The molecule has 0 amide bonds. The number of fused-ring (bicyclic) bond motifs is 1. The Morgan fingerprint density at radius 3 is 2.82 bits per heavy atom. The molecule has 1 atom stereocenters. The molecule has 0 saturated heterocycles. The number of aromatic nitrogens is 3. The molecule has 1 N–H and O–H groups in total. The second-order valence-corrected chi connectivity index (χ2v) is 5.18. The number of nitrogens with zero attached hydrogens (tertiary/aromatic N) is 3. The summed E-state index contributed by atoms with van der Waals surface area (Å²) in [6.45, 7) is 0.401. The average Bonchev–Trinajstić information content (AvgIpc) is 2.89. The third-order valence-corrected chi connectivity index (χ3v) is 3.66. The molecule has 116 valence electrons. The average molecular weight is 311 g/mol. The first kappa shape index (κ1) is 14.6. The number of aryl methyl sites for hydroxylation is 1. The second kappa shape index (κ2) is 5.11. The van der Waals surface area contributed by atoms with Gasteiger partial charge >= 0.3 is 12.1 Å². The molecule has 1 unspecified atom stereocenters. The Kier molecular flexibility index (Phi) is 3.38. The molecule has 2 aromatic rings. The van der Waals surface area contributed by atoms with Crippen LogP contribution < -0.4 is 0 Å². The van der Waals surface area contributed by atoms with E-state index in [1.54, 1.807) is 4.68 Å². The van der Waals surface area contributed by atoms with E-state index in [1.807, 2.05) is 0 Å². The van der Waals surface area contributed by atoms with E-state index in [4.69, 9.17) is 5.11 Å². The van der Waals surface area contributed by atoms with E-state index in [1.165, 1.54) is 12.1 Å². The summed E-state index contributed by atoms with van der Waals surface area (Å²) in [5, 5.41) is 13.2. The molecule has 8 heteroatoms. The van der Waals surface area contributed by atoms with Crippen molar-refractivity contribution in [3.8, 4) is 11.4 Å². The fraction of sp³-hybridized carbons (Fsp3) is 0.357. The Bertz CT molecular complexity index is 724. The maximum atomic E-state index is 12.7. The smallest absolute Gasteiger partial charge is 0.416 e. The number of carboxylic acid groups (broad SMARTS) is 1. The predicted molar refractivity (Wildman–Crippen MR) is 69.9 cm³/mol. The van der Waals surface area contributed by atoms with Crippen molar-refractivity contribution in [1.29, 1.82) is 0 Å². The number of benzene rings is 1. The summed E-state index contributed by atoms with van der Waals surface area (Å²) in [5.41, 5.74) is -0.496. The normalized spacial score (nSPS) is 18.0. The zero-order chi connectivity index (χ0) is 15.9. The fourth-order valence-corrected chi connectivity index (χ4v) is 2.47. The van der Waals surface area contributed by atoms with E-state index in [-0.39, 0.29) is 17.8 Å². The molecule has 0 bridgehead atoms. The van der Waals surface area contributed by atoms with Gasteiger partial charge in [-0.3, -0.25) is 4.79 Å². The monoisotopic (exact) mass is 311 g/mol. The molecule has 0 spiro atoms. The molecule has 2 heterocycles. The minimum atomic E-state index is -4.43. The number of hydrogen-bond acceptors (Lipinski definition) is 3. The SMILES string of the molecule is O=C(O)C1CCn2nc(-c3cccc(C(F)(F)F)c3)nc2C1. The number of carbonyl (C=O) groups is 1. The summed E-state index contributed by atoms with van der Waals surface area (Å²) in [6.07, 6.45) is -3.75. The molecule has 1 aliphatic rings. The summed E-state index contributed by atoms with van der Waals surface area (Å²) in [7, 11) is 0. The number of halogens is 3. The Labute approximate surface area is 123 Å². The van der Waals surface area contributed by atoms with Crippen LogP contribution in [0.3, 0.4) is 0 Å². The van der Waals surface area contributed by atoms with E-state index in [2.05, 4.69) is 10.1 Å². The minimum Gasteiger partial charge on any atom is -0.481 e. The zero-order valence-electron chi connectivity index (χ0n) is 11.3. The lowest BCUT2D eigenvalue weighted by Crippen LogP contribution is -2.26. The summed E-state index contributed by atoms with van der Waals surface area (Å²) < 4.78 is 39.8. The van der Waals surface area contributed by atoms with Gasteiger partial charge in [0.2, 0.25) is 0 Å². The standard InChI is InChI=1S/C14H12F3N3O2/c15-14(16,17)10-3-1-2-8(6-10)12-18-11-7-9(13(21)22)4-5-20(11)19-12/h1-3,6,9H,4-5,7H2,(H,21,22). The van der Waals surface area contributed by atoms with Crippen molar-refractivity contribution in [1.82, 2.24) is 14.8 Å². The van der Waals surface area contributed by atoms with Gasteiger partial charge in [0.25, 0.3) is 0 Å². The molecule has 3 rings (SSSR count). The molecule has 1 aromatic heterocycles. The van der Waals surface area contributed by atoms with Crippen LogP contribution in [-0.4, -0.2) is 25.8 Å². The van der Waals surface area contributed by atoms with Gasteiger partial charge in [0.05, 0.1) is 11.5 Å². The van der Waals surface area contributed by atoms with Gasteiger partial charge in [-0.25, -0.2) is 9.67 Å². The maximum Gasteiger partial charge on any atom is 0.416 e. The summed E-state index contributed by atoms with van der Waals surface area (Å²) in [5.74, 6) is -0.737. The molecule has 1 aliphatic heterocycles. The van der Waals surface area contributed by atoms with Crippen LogP contribution in [0, 0.1) is 5.92 Å². The molecule has 5 nitrogen and oxygen atoms in total. The number of hydrogen-bond donors (Lipinski definition) is 1. The number of rotatable bonds is 2. The van der Waals surface area contributed by atoms with Crippen LogP contribution >= 0.6 is 0 Å². The van der Waals surface area contributed by atoms with Crippen LogP contribution in [0.5, 0.6) is 0 Å². The summed E-state index contributed by atoms with van der Waals surface area (Å²) in [6, 6.07) is 4.79. The third-order valence-electron chi connectivity index (χ3n) is 3.66. The first-order chi connectivity index (χ1) is 10.3. The van der Waals surface area contributed by atoms with Gasteiger partial charge in [-0.05, 0) is 18.6 Å². The van der Waals surface area contributed by atoms with E-state index >= 15 is 0 Å². The topological polar surface area (TPSA) is 68.0 Å². The van der Waals surface area contributed by atoms with Crippen molar-refractivity contribution >= 4 is 5.97 Å². The van der Waals surface area contributed by atoms with Crippen LogP contribution in [0.2, 0.25) is 0 Å². The molecule has 1 aromatic carbocycles. The van der Waals surface area contributed by atoms with Crippen molar-refractivity contribution in [2.24, 2.45) is 5.92 Å². The highest BCUT2D eigenvalue weighted by Crippen LogP contribution is 2.32. The molecule has 0 saturated carbocycles. The molecule has 0 radical (unpaired) electrons. The van der Waals surface area contributed by atoms with Gasteiger partial charge < -0.3 is 5.11 Å². The van der Waals surface area contributed by atoms with Gasteiger partial charge in [-0.1, -0.05) is 12.1 Å². The zero-order valence-corrected chi connectivity index (χ0v) is 11.3. The molecule has 22 heavy (non-hydrogen) atoms. The first-order valence-corrected chi connectivity index (χ1v) is 6.69. The van der Waals surface area contributed by atoms with Crippen molar-refractivity contribution in [2.45, 2.75) is 25.6 Å². The van der Waals surface area contributed by atoms with Crippen molar-refractivity contribution < 1.29 is 23.1 Å². The van der Waals surface area contributed by atoms with Crippen LogP contribution in [-0.2, 0) is 23.9 Å². The quantitative estimate of drug-likeness (QED) is 0.925. The molecule has 0 fully saturated rings. The number of carboxylic acids is 1. The predicted octanol–water partition coefficient (Wildman–Crippen LogP) is 2.61. The lowest BCUT2D eigenvalue weighted by molar-refractivity contribution is -0.142. The van der Waals surface area contributed by atoms with E-state index in [9.17, 15) is 18.0 Å². The van der Waals surface area contributed by atoms with Crippen LogP contribution in [0.15, 0.2) is 24.3 Å². The number of alkyl halides is 3. The highest BCUT2D eigenvalue weighted by molar-refractivity contribution is 5.70. The van der Waals surface area contributed by atoms with Gasteiger partial charge in [0.1, 0.15) is 5.82 Å². The van der Waals surface area contributed by atoms with Gasteiger partial charge in [-0.2, -0.15) is 18.3 Å². The Hall–Kier alpha value is -2.38. The summed E-state index contributed by atoms with van der Waals surface area (Å²) >= 11 is 0. The third kappa shape index (κ3) is 2.68. The largest absolute Gasteiger partial charge is 0.481 e. The molecule has 0 aliphatic carbocycles. The van der Waals surface area contributed by atoms with E-state index in [0.29, 0.717) is 18.8 Å². The lowest BCUT2D eigenvalue weighted by atomic mass is 9.98. The van der Waals surface area contributed by atoms with Crippen molar-refractivity contribution in [3.05, 3.63) is 35.7 Å². The minimum absolute atomic E-state index is 0.187.